The number of fused-ring (bicyclic) bond motifs is 1. The minimum Gasteiger partial charge on any atom is -0.473 e. The highest BCUT2D eigenvalue weighted by molar-refractivity contribution is 7.12. The molecule has 0 bridgehead atoms. The van der Waals surface area contributed by atoms with Crippen LogP contribution in [0.4, 0.5) is 0 Å². The van der Waals surface area contributed by atoms with E-state index in [1.54, 1.807) is 0 Å². The number of likely N-dealkylation sites (tertiary alicyclic amines) is 1. The van der Waals surface area contributed by atoms with Gasteiger partial charge in [0, 0.05) is 59.7 Å². The predicted molar refractivity (Wildman–Crippen MR) is 180 cm³/mol. The van der Waals surface area contributed by atoms with Crippen LogP contribution in [0.25, 0.3) is 0 Å². The van der Waals surface area contributed by atoms with E-state index in [0.717, 1.165) is 72.6 Å². The van der Waals surface area contributed by atoms with Gasteiger partial charge in [-0.3, -0.25) is 9.69 Å². The Morgan fingerprint density at radius 1 is 1.02 bits per heavy atom. The maximum Gasteiger partial charge on any atom is 0.255 e. The molecule has 2 aliphatic carbocycles. The largest absolute Gasteiger partial charge is 0.473 e. The molecular weight excluding hydrogens is 579 g/mol. The lowest BCUT2D eigenvalue weighted by Crippen LogP contribution is -2.57. The smallest absolute Gasteiger partial charge is 0.255 e. The van der Waals surface area contributed by atoms with E-state index in [0.29, 0.717) is 37.0 Å². The van der Waals surface area contributed by atoms with Crippen LogP contribution in [-0.4, -0.2) is 59.1 Å². The third-order valence-corrected chi connectivity index (χ3v) is 12.4. The van der Waals surface area contributed by atoms with Gasteiger partial charge in [-0.2, -0.15) is 0 Å². The van der Waals surface area contributed by atoms with Gasteiger partial charge in [-0.1, -0.05) is 37.3 Å². The van der Waals surface area contributed by atoms with E-state index in [2.05, 4.69) is 43.9 Å². The Labute approximate surface area is 273 Å². The van der Waals surface area contributed by atoms with Gasteiger partial charge in [0.25, 0.3) is 5.91 Å². The SMILES string of the molecule is Cc1cc(C)c(CN2CCc3sc(C(C)[C@H]4CC[C@H](N5CC(OCC6CC6)C5)CC4)c(C)c3C2=O)c(OCc2ccccc2)n1. The molecule has 7 heteroatoms. The summed E-state index contributed by atoms with van der Waals surface area (Å²) in [5.41, 5.74) is 6.35. The molecule has 4 aliphatic rings. The first-order valence-electron chi connectivity index (χ1n) is 17.2. The maximum atomic E-state index is 14.0. The number of carbonyl (C=O) groups is 1. The van der Waals surface area contributed by atoms with Crippen molar-refractivity contribution in [3.63, 3.8) is 0 Å². The molecule has 2 saturated carbocycles. The Morgan fingerprint density at radius 2 is 1.78 bits per heavy atom. The number of thiophene rings is 1. The van der Waals surface area contributed by atoms with Crippen LogP contribution in [-0.2, 0) is 24.3 Å². The summed E-state index contributed by atoms with van der Waals surface area (Å²) in [6.45, 7) is 13.7. The molecule has 1 saturated heterocycles. The predicted octanol–water partition coefficient (Wildman–Crippen LogP) is 7.62. The lowest BCUT2D eigenvalue weighted by atomic mass is 9.76. The molecule has 6 nitrogen and oxygen atoms in total. The first-order valence-corrected chi connectivity index (χ1v) is 18.1. The van der Waals surface area contributed by atoms with Gasteiger partial charge < -0.3 is 14.4 Å². The molecule has 2 aromatic heterocycles. The molecule has 1 aromatic carbocycles. The number of aryl methyl sites for hydroxylation is 2. The van der Waals surface area contributed by atoms with Crippen molar-refractivity contribution in [2.75, 3.05) is 26.2 Å². The summed E-state index contributed by atoms with van der Waals surface area (Å²) < 4.78 is 12.4. The average molecular weight is 628 g/mol. The second kappa shape index (κ2) is 13.2. The first-order chi connectivity index (χ1) is 21.8. The minimum absolute atomic E-state index is 0.164. The van der Waals surface area contributed by atoms with E-state index >= 15 is 0 Å². The zero-order valence-electron chi connectivity index (χ0n) is 27.5. The van der Waals surface area contributed by atoms with Gasteiger partial charge in [0.05, 0.1) is 18.2 Å². The Morgan fingerprint density at radius 3 is 2.51 bits per heavy atom. The molecule has 4 heterocycles. The number of nitrogens with zero attached hydrogens (tertiary/aromatic N) is 3. The summed E-state index contributed by atoms with van der Waals surface area (Å²) in [4.78, 5) is 26.2. The van der Waals surface area contributed by atoms with Gasteiger partial charge in [0.15, 0.2) is 0 Å². The minimum atomic E-state index is 0.164. The monoisotopic (exact) mass is 627 g/mol. The molecule has 1 unspecified atom stereocenters. The third-order valence-electron chi connectivity index (χ3n) is 10.9. The number of rotatable bonds is 11. The van der Waals surface area contributed by atoms with Gasteiger partial charge in [0.2, 0.25) is 5.88 Å². The number of hydrogen-bond donors (Lipinski definition) is 0. The molecular formula is C38H49N3O3S. The second-order valence-corrected chi connectivity index (χ2v) is 15.4. The van der Waals surface area contributed by atoms with Crippen LogP contribution < -0.4 is 4.74 Å². The van der Waals surface area contributed by atoms with Crippen LogP contribution in [0.5, 0.6) is 5.88 Å². The van der Waals surface area contributed by atoms with Crippen LogP contribution in [0.1, 0.15) is 99.4 Å². The van der Waals surface area contributed by atoms with E-state index in [4.69, 9.17) is 14.5 Å². The van der Waals surface area contributed by atoms with Crippen LogP contribution >= 0.6 is 11.3 Å². The molecule has 1 atom stereocenters. The second-order valence-electron chi connectivity index (χ2n) is 14.2. The Bertz CT molecular complexity index is 1500. The zero-order valence-corrected chi connectivity index (χ0v) is 28.3. The molecule has 0 radical (unpaired) electrons. The van der Waals surface area contributed by atoms with Crippen molar-refractivity contribution in [1.82, 2.24) is 14.8 Å². The van der Waals surface area contributed by atoms with Gasteiger partial charge in [-0.15, -0.1) is 11.3 Å². The number of hydrogen-bond acceptors (Lipinski definition) is 6. The van der Waals surface area contributed by atoms with Gasteiger partial charge >= 0.3 is 0 Å². The fourth-order valence-electron chi connectivity index (χ4n) is 7.80. The molecule has 0 N–H and O–H groups in total. The molecule has 1 amide bonds. The third kappa shape index (κ3) is 6.72. The quantitative estimate of drug-likeness (QED) is 0.219. The molecule has 7 rings (SSSR count). The first kappa shape index (κ1) is 30.9. The summed E-state index contributed by atoms with van der Waals surface area (Å²) in [7, 11) is 0. The van der Waals surface area contributed by atoms with E-state index in [-0.39, 0.29) is 5.91 Å². The molecule has 45 heavy (non-hydrogen) atoms. The Balaban J connectivity index is 0.982. The normalized spacial score (nSPS) is 23.1. The van der Waals surface area contributed by atoms with Crippen molar-refractivity contribution in [2.24, 2.45) is 11.8 Å². The molecule has 240 valence electrons. The number of benzene rings is 1. The van der Waals surface area contributed by atoms with Gasteiger partial charge in [-0.25, -0.2) is 4.98 Å². The highest BCUT2D eigenvalue weighted by Gasteiger charge is 2.38. The Kier molecular flexibility index (Phi) is 9.04. The number of pyridine rings is 1. The lowest BCUT2D eigenvalue weighted by Gasteiger charge is -2.46. The lowest BCUT2D eigenvalue weighted by molar-refractivity contribution is -0.0820. The number of aromatic nitrogens is 1. The summed E-state index contributed by atoms with van der Waals surface area (Å²) in [6.07, 6.45) is 9.28. The summed E-state index contributed by atoms with van der Waals surface area (Å²) in [5.74, 6) is 2.85. The van der Waals surface area contributed by atoms with E-state index in [9.17, 15) is 4.79 Å². The summed E-state index contributed by atoms with van der Waals surface area (Å²) >= 11 is 1.91. The Hall–Kier alpha value is -2.74. The summed E-state index contributed by atoms with van der Waals surface area (Å²) in [5, 5.41) is 0. The zero-order chi connectivity index (χ0) is 31.1. The molecule has 0 spiro atoms. The molecule has 3 aromatic rings. The standard InChI is InChI=1S/C38H49N3O3S/c1-24-18-25(2)39-37(44-23-28-8-6-5-7-9-28)33(24)21-40-17-16-34-35(38(40)42)27(4)36(45-34)26(3)30-12-14-31(15-13-30)41-19-32(20-41)43-22-29-10-11-29/h5-9,18,26,29-32H,10-17,19-23H2,1-4H3/t26?,30-,31-. The van der Waals surface area contributed by atoms with Gasteiger partial charge in [-0.05, 0) is 99.8 Å². The summed E-state index contributed by atoms with van der Waals surface area (Å²) in [6, 6.07) is 13.0. The van der Waals surface area contributed by atoms with Crippen molar-refractivity contribution in [2.45, 2.75) is 104 Å². The van der Waals surface area contributed by atoms with Crippen LogP contribution in [0, 0.1) is 32.6 Å². The number of carbonyl (C=O) groups excluding carboxylic acids is 1. The number of amides is 1. The molecule has 2 aliphatic heterocycles. The fraction of sp³-hybridized carbons (Fsp3) is 0.579. The van der Waals surface area contributed by atoms with Crippen LogP contribution in [0.15, 0.2) is 36.4 Å². The van der Waals surface area contributed by atoms with E-state index in [1.807, 2.05) is 41.4 Å². The maximum absolute atomic E-state index is 14.0. The highest BCUT2D eigenvalue weighted by atomic mass is 32.1. The molecule has 3 fully saturated rings. The van der Waals surface area contributed by atoms with Crippen molar-refractivity contribution >= 4 is 17.2 Å². The topological polar surface area (TPSA) is 54.9 Å². The fourth-order valence-corrected chi connectivity index (χ4v) is 9.23. The van der Waals surface area contributed by atoms with Crippen molar-refractivity contribution in [3.8, 4) is 5.88 Å². The number of ether oxygens (including phenoxy) is 2. The van der Waals surface area contributed by atoms with Crippen molar-refractivity contribution in [1.29, 1.82) is 0 Å². The van der Waals surface area contributed by atoms with Crippen molar-refractivity contribution < 1.29 is 14.3 Å². The van der Waals surface area contributed by atoms with Gasteiger partial charge in [0.1, 0.15) is 6.61 Å². The average Bonchev–Trinajstić information content (AvgIpc) is 3.79. The van der Waals surface area contributed by atoms with Crippen LogP contribution in [0.3, 0.4) is 0 Å². The van der Waals surface area contributed by atoms with Crippen molar-refractivity contribution in [3.05, 3.63) is 79.7 Å². The van der Waals surface area contributed by atoms with E-state index in [1.165, 1.54) is 53.8 Å². The van der Waals surface area contributed by atoms with Crippen LogP contribution in [0.2, 0.25) is 0 Å². The van der Waals surface area contributed by atoms with E-state index < -0.39 is 0 Å². The highest BCUT2D eigenvalue weighted by Crippen LogP contribution is 2.44.